The molecule has 4 aliphatic rings. The molecule has 6 unspecified atom stereocenters. The summed E-state index contributed by atoms with van der Waals surface area (Å²) in [5, 5.41) is 2.43. The van der Waals surface area contributed by atoms with Crippen molar-refractivity contribution in [1.82, 2.24) is 21.3 Å². The summed E-state index contributed by atoms with van der Waals surface area (Å²) in [6, 6.07) is 1.73. The van der Waals surface area contributed by atoms with Gasteiger partial charge in [0.2, 0.25) is 0 Å². The summed E-state index contributed by atoms with van der Waals surface area (Å²) in [5.41, 5.74) is 10.8. The van der Waals surface area contributed by atoms with Crippen LogP contribution in [0.15, 0.2) is 0 Å². The third kappa shape index (κ3) is 3.57. The second kappa shape index (κ2) is 7.33. The average Bonchev–Trinajstić information content (AvgIpc) is 3.19. The molecule has 3 aliphatic heterocycles. The fraction of sp³-hybridized carbons (Fsp3) is 1.00. The van der Waals surface area contributed by atoms with Gasteiger partial charge in [-0.05, 0) is 44.9 Å². The highest BCUT2D eigenvalue weighted by molar-refractivity contribution is 5.00. The molecule has 6 nitrogen and oxygen atoms in total. The zero-order chi connectivity index (χ0) is 15.6. The van der Waals surface area contributed by atoms with Crippen molar-refractivity contribution in [3.8, 4) is 0 Å². The van der Waals surface area contributed by atoms with Gasteiger partial charge in [-0.25, -0.2) is 5.01 Å². The van der Waals surface area contributed by atoms with Gasteiger partial charge in [-0.15, -0.1) is 0 Å². The van der Waals surface area contributed by atoms with Gasteiger partial charge in [-0.1, -0.05) is 0 Å². The molecule has 4 fully saturated rings. The Labute approximate surface area is 139 Å². The molecule has 1 saturated carbocycles. The van der Waals surface area contributed by atoms with Crippen LogP contribution in [0.1, 0.15) is 39.0 Å². The minimum absolute atomic E-state index is 0.440. The zero-order valence-electron chi connectivity index (χ0n) is 14.3. The number of ether oxygens (including phenoxy) is 2. The zero-order valence-corrected chi connectivity index (χ0v) is 14.3. The molecule has 1 aliphatic carbocycles. The van der Waals surface area contributed by atoms with Crippen molar-refractivity contribution in [1.29, 1.82) is 0 Å². The maximum atomic E-state index is 6.15. The first-order valence-corrected chi connectivity index (χ1v) is 9.52. The van der Waals surface area contributed by atoms with Crippen LogP contribution in [-0.2, 0) is 9.47 Å². The van der Waals surface area contributed by atoms with Crippen LogP contribution >= 0.6 is 0 Å². The largest absolute Gasteiger partial charge is 0.381 e. The molecule has 0 spiro atoms. The van der Waals surface area contributed by atoms with Crippen molar-refractivity contribution in [2.75, 3.05) is 32.9 Å². The molecule has 132 valence electrons. The van der Waals surface area contributed by atoms with E-state index < -0.39 is 0 Å². The molecule has 7 atom stereocenters. The van der Waals surface area contributed by atoms with Gasteiger partial charge in [0, 0.05) is 57.0 Å². The quantitative estimate of drug-likeness (QED) is 0.608. The number of rotatable bonds is 0. The van der Waals surface area contributed by atoms with E-state index in [0.717, 1.165) is 45.8 Å². The summed E-state index contributed by atoms with van der Waals surface area (Å²) in [4.78, 5) is 0. The molecule has 0 aromatic heterocycles. The lowest BCUT2D eigenvalue weighted by Gasteiger charge is -2.34. The van der Waals surface area contributed by atoms with Gasteiger partial charge in [0.25, 0.3) is 0 Å². The smallest absolute Gasteiger partial charge is 0.0579 e. The SMILES string of the molecule is C[C@H]1CCOCCCOC2CCC3NNC(C4CNN1C4)C3C2. The molecule has 3 heterocycles. The summed E-state index contributed by atoms with van der Waals surface area (Å²) in [5.74, 6) is 1.38. The topological polar surface area (TPSA) is 57.8 Å². The highest BCUT2D eigenvalue weighted by Gasteiger charge is 2.45. The van der Waals surface area contributed by atoms with E-state index >= 15 is 0 Å². The standard InChI is InChI=1S/C17H32N4O2/c1-12-5-8-22-6-2-7-23-14-3-4-16-15(9-14)17(20-19-16)13-10-18-21(12)11-13/h12-20H,2-11H2,1H3/t12-,13?,14?,15?,16?,17?/m0/s1. The number of nitrogens with zero attached hydrogens (tertiary/aromatic N) is 1. The van der Waals surface area contributed by atoms with Crippen LogP contribution in [0.25, 0.3) is 0 Å². The van der Waals surface area contributed by atoms with Crippen molar-refractivity contribution in [3.05, 3.63) is 0 Å². The molecule has 0 radical (unpaired) electrons. The van der Waals surface area contributed by atoms with Gasteiger partial charge < -0.3 is 9.47 Å². The van der Waals surface area contributed by atoms with E-state index in [2.05, 4.69) is 28.2 Å². The Morgan fingerprint density at radius 3 is 2.96 bits per heavy atom. The summed E-state index contributed by atoms with van der Waals surface area (Å²) in [6.07, 6.45) is 6.16. The lowest BCUT2D eigenvalue weighted by Crippen LogP contribution is -2.42. The number of nitrogens with one attached hydrogen (secondary N) is 3. The minimum atomic E-state index is 0.440. The number of hydrogen-bond donors (Lipinski definition) is 3. The molecule has 0 amide bonds. The predicted molar refractivity (Wildman–Crippen MR) is 88.6 cm³/mol. The van der Waals surface area contributed by atoms with Gasteiger partial charge in [-0.3, -0.25) is 16.3 Å². The number of fused-ring (bicyclic) bond motifs is 4. The first-order valence-electron chi connectivity index (χ1n) is 9.52. The Morgan fingerprint density at radius 1 is 1.04 bits per heavy atom. The molecule has 0 aromatic rings. The predicted octanol–water partition coefficient (Wildman–Crippen LogP) is 0.652. The Morgan fingerprint density at radius 2 is 2.00 bits per heavy atom. The van der Waals surface area contributed by atoms with Gasteiger partial charge in [0.15, 0.2) is 0 Å². The molecule has 4 rings (SSSR count). The molecule has 0 aromatic carbocycles. The molecule has 23 heavy (non-hydrogen) atoms. The lowest BCUT2D eigenvalue weighted by molar-refractivity contribution is -0.00441. The van der Waals surface area contributed by atoms with Crippen LogP contribution in [0.3, 0.4) is 0 Å². The Bertz CT molecular complexity index is 397. The maximum Gasteiger partial charge on any atom is 0.0579 e. The summed E-state index contributed by atoms with van der Waals surface area (Å²) >= 11 is 0. The van der Waals surface area contributed by atoms with Crippen molar-refractivity contribution in [2.45, 2.75) is 63.3 Å². The van der Waals surface area contributed by atoms with Crippen molar-refractivity contribution < 1.29 is 9.47 Å². The third-order valence-electron chi connectivity index (χ3n) is 6.24. The van der Waals surface area contributed by atoms with E-state index in [9.17, 15) is 0 Å². The van der Waals surface area contributed by atoms with Gasteiger partial charge in [-0.2, -0.15) is 0 Å². The van der Waals surface area contributed by atoms with Crippen molar-refractivity contribution in [3.63, 3.8) is 0 Å². The van der Waals surface area contributed by atoms with E-state index in [4.69, 9.17) is 9.47 Å². The number of hydrogen-bond acceptors (Lipinski definition) is 6. The van der Waals surface area contributed by atoms with Crippen LogP contribution < -0.4 is 16.3 Å². The van der Waals surface area contributed by atoms with Gasteiger partial charge in [0.05, 0.1) is 6.10 Å². The third-order valence-corrected chi connectivity index (χ3v) is 6.24. The highest BCUT2D eigenvalue weighted by Crippen LogP contribution is 2.35. The minimum Gasteiger partial charge on any atom is -0.381 e. The maximum absolute atomic E-state index is 6.15. The van der Waals surface area contributed by atoms with E-state index in [1.54, 1.807) is 0 Å². The second-order valence-corrected chi connectivity index (χ2v) is 7.77. The Hall–Kier alpha value is -0.240. The fourth-order valence-electron chi connectivity index (χ4n) is 4.79. The molecule has 4 bridgehead atoms. The van der Waals surface area contributed by atoms with Crippen LogP contribution in [0, 0.1) is 11.8 Å². The van der Waals surface area contributed by atoms with Gasteiger partial charge in [0.1, 0.15) is 0 Å². The molecular weight excluding hydrogens is 292 g/mol. The number of hydrazine groups is 2. The first-order chi connectivity index (χ1) is 11.3. The lowest BCUT2D eigenvalue weighted by atomic mass is 9.76. The van der Waals surface area contributed by atoms with Crippen LogP contribution in [0.2, 0.25) is 0 Å². The van der Waals surface area contributed by atoms with Gasteiger partial charge >= 0.3 is 0 Å². The molecule has 6 heteroatoms. The van der Waals surface area contributed by atoms with Crippen LogP contribution in [0.4, 0.5) is 0 Å². The summed E-state index contributed by atoms with van der Waals surface area (Å²) < 4.78 is 11.9. The monoisotopic (exact) mass is 324 g/mol. The molecular formula is C17H32N4O2. The Balaban J connectivity index is 1.45. The summed E-state index contributed by atoms with van der Waals surface area (Å²) in [6.45, 7) is 7.04. The van der Waals surface area contributed by atoms with Crippen LogP contribution in [0.5, 0.6) is 0 Å². The normalized spacial score (nSPS) is 48.7. The molecule has 3 N–H and O–H groups in total. The highest BCUT2D eigenvalue weighted by atomic mass is 16.5. The van der Waals surface area contributed by atoms with E-state index in [1.807, 2.05) is 0 Å². The van der Waals surface area contributed by atoms with E-state index in [1.165, 1.54) is 19.3 Å². The second-order valence-electron chi connectivity index (χ2n) is 7.77. The van der Waals surface area contributed by atoms with Crippen LogP contribution in [-0.4, -0.2) is 62.1 Å². The van der Waals surface area contributed by atoms with E-state index in [0.29, 0.717) is 36.1 Å². The van der Waals surface area contributed by atoms with Crippen molar-refractivity contribution in [2.24, 2.45) is 11.8 Å². The summed E-state index contributed by atoms with van der Waals surface area (Å²) in [7, 11) is 0. The Kier molecular flexibility index (Phi) is 5.18. The van der Waals surface area contributed by atoms with Crippen molar-refractivity contribution >= 4 is 0 Å². The average molecular weight is 324 g/mol. The molecule has 3 saturated heterocycles. The van der Waals surface area contributed by atoms with E-state index in [-0.39, 0.29) is 0 Å². The first kappa shape index (κ1) is 16.2. The fourth-order valence-corrected chi connectivity index (χ4v) is 4.79.